The number of aliphatic hydroxyl groups excluding tert-OH is 1. The van der Waals surface area contributed by atoms with Crippen LogP contribution in [-0.4, -0.2) is 23.5 Å². The Bertz CT molecular complexity index is 551. The van der Waals surface area contributed by atoms with Crippen molar-refractivity contribution in [1.82, 2.24) is 0 Å². The number of carbonyl (C=O) groups excluding carboxylic acids is 2. The van der Waals surface area contributed by atoms with Gasteiger partial charge < -0.3 is 9.84 Å². The topological polar surface area (TPSA) is 63.6 Å². The van der Waals surface area contributed by atoms with Gasteiger partial charge in [0.15, 0.2) is 5.78 Å². The van der Waals surface area contributed by atoms with Crippen LogP contribution < -0.4 is 0 Å². The predicted molar refractivity (Wildman–Crippen MR) is 83.9 cm³/mol. The SMILES string of the molecule is CCOC(=O)/C(O)=C/C(=O)c1ccc(C2CCCCC2)cc1. The lowest BCUT2D eigenvalue weighted by Crippen LogP contribution is -2.09. The molecule has 0 spiro atoms. The summed E-state index contributed by atoms with van der Waals surface area (Å²) in [5.41, 5.74) is 1.71. The number of allylic oxidation sites excluding steroid dienone is 1. The monoisotopic (exact) mass is 302 g/mol. The molecule has 0 aromatic heterocycles. The van der Waals surface area contributed by atoms with E-state index in [-0.39, 0.29) is 6.61 Å². The minimum atomic E-state index is -0.880. The van der Waals surface area contributed by atoms with Gasteiger partial charge in [0, 0.05) is 11.6 Å². The van der Waals surface area contributed by atoms with Gasteiger partial charge in [-0.05, 0) is 31.2 Å². The summed E-state index contributed by atoms with van der Waals surface area (Å²) < 4.78 is 4.63. The average Bonchev–Trinajstić information content (AvgIpc) is 2.56. The summed E-state index contributed by atoms with van der Waals surface area (Å²) in [6.07, 6.45) is 7.16. The molecule has 0 atom stereocenters. The molecule has 1 saturated carbocycles. The van der Waals surface area contributed by atoms with Gasteiger partial charge in [0.25, 0.3) is 0 Å². The molecule has 1 fully saturated rings. The lowest BCUT2D eigenvalue weighted by Gasteiger charge is -2.21. The molecule has 0 unspecified atom stereocenters. The second-order valence-electron chi connectivity index (χ2n) is 5.57. The molecule has 1 aromatic carbocycles. The zero-order valence-electron chi connectivity index (χ0n) is 12.9. The van der Waals surface area contributed by atoms with Crippen LogP contribution in [0.4, 0.5) is 0 Å². The summed E-state index contributed by atoms with van der Waals surface area (Å²) >= 11 is 0. The Morgan fingerprint density at radius 1 is 1.18 bits per heavy atom. The Morgan fingerprint density at radius 3 is 2.41 bits per heavy atom. The fraction of sp³-hybridized carbons (Fsp3) is 0.444. The zero-order chi connectivity index (χ0) is 15.9. The van der Waals surface area contributed by atoms with Crippen molar-refractivity contribution < 1.29 is 19.4 Å². The molecule has 118 valence electrons. The van der Waals surface area contributed by atoms with E-state index >= 15 is 0 Å². The molecule has 0 heterocycles. The van der Waals surface area contributed by atoms with Crippen LogP contribution in [-0.2, 0) is 9.53 Å². The third kappa shape index (κ3) is 4.20. The van der Waals surface area contributed by atoms with Crippen molar-refractivity contribution in [2.75, 3.05) is 6.61 Å². The predicted octanol–water partition coefficient (Wildman–Crippen LogP) is 3.92. The van der Waals surface area contributed by atoms with E-state index in [1.807, 2.05) is 12.1 Å². The van der Waals surface area contributed by atoms with Crippen molar-refractivity contribution in [1.29, 1.82) is 0 Å². The Kier molecular flexibility index (Phi) is 5.75. The van der Waals surface area contributed by atoms with Gasteiger partial charge in [-0.25, -0.2) is 4.79 Å². The highest BCUT2D eigenvalue weighted by molar-refractivity contribution is 6.07. The van der Waals surface area contributed by atoms with E-state index < -0.39 is 17.5 Å². The second-order valence-corrected chi connectivity index (χ2v) is 5.57. The standard InChI is InChI=1S/C18H22O4/c1-2-22-18(21)17(20)12-16(19)15-10-8-14(9-11-15)13-6-4-3-5-7-13/h8-13,20H,2-7H2,1H3/b17-12-. The summed E-state index contributed by atoms with van der Waals surface area (Å²) in [6, 6.07) is 7.44. The maximum Gasteiger partial charge on any atom is 0.373 e. The van der Waals surface area contributed by atoms with Crippen molar-refractivity contribution in [2.24, 2.45) is 0 Å². The van der Waals surface area contributed by atoms with Gasteiger partial charge >= 0.3 is 5.97 Å². The fourth-order valence-electron chi connectivity index (χ4n) is 2.83. The molecule has 0 bridgehead atoms. The van der Waals surface area contributed by atoms with E-state index in [4.69, 9.17) is 0 Å². The molecule has 1 aliphatic rings. The molecule has 0 saturated heterocycles. The first kappa shape index (κ1) is 16.3. The van der Waals surface area contributed by atoms with Gasteiger partial charge in [-0.1, -0.05) is 43.5 Å². The van der Waals surface area contributed by atoms with Crippen molar-refractivity contribution >= 4 is 11.8 Å². The van der Waals surface area contributed by atoms with Gasteiger partial charge in [-0.2, -0.15) is 0 Å². The molecule has 0 radical (unpaired) electrons. The molecule has 0 amide bonds. The number of ketones is 1. The van der Waals surface area contributed by atoms with Gasteiger partial charge in [0.1, 0.15) is 0 Å². The number of benzene rings is 1. The van der Waals surface area contributed by atoms with E-state index in [1.165, 1.54) is 37.7 Å². The number of ether oxygens (including phenoxy) is 1. The van der Waals surface area contributed by atoms with Crippen molar-refractivity contribution in [3.8, 4) is 0 Å². The van der Waals surface area contributed by atoms with Crippen LogP contribution >= 0.6 is 0 Å². The number of rotatable bonds is 5. The number of carbonyl (C=O) groups is 2. The number of hydrogen-bond donors (Lipinski definition) is 1. The van der Waals surface area contributed by atoms with Crippen LogP contribution in [0.25, 0.3) is 0 Å². The van der Waals surface area contributed by atoms with Crippen LogP contribution in [0.5, 0.6) is 0 Å². The van der Waals surface area contributed by atoms with E-state index in [0.717, 1.165) is 6.08 Å². The number of aliphatic hydroxyl groups is 1. The molecule has 22 heavy (non-hydrogen) atoms. The summed E-state index contributed by atoms with van der Waals surface area (Å²) in [4.78, 5) is 23.3. The van der Waals surface area contributed by atoms with Crippen molar-refractivity contribution in [3.63, 3.8) is 0 Å². The number of hydrogen-bond acceptors (Lipinski definition) is 4. The Hall–Kier alpha value is -2.10. The lowest BCUT2D eigenvalue weighted by molar-refractivity contribution is -0.141. The summed E-state index contributed by atoms with van der Waals surface area (Å²) in [6.45, 7) is 1.79. The Labute approximate surface area is 130 Å². The van der Waals surface area contributed by atoms with Gasteiger partial charge in [0.2, 0.25) is 5.76 Å². The summed E-state index contributed by atoms with van der Waals surface area (Å²) in [7, 11) is 0. The Morgan fingerprint density at radius 2 is 1.82 bits per heavy atom. The highest BCUT2D eigenvalue weighted by atomic mass is 16.5. The third-order valence-electron chi connectivity index (χ3n) is 4.02. The van der Waals surface area contributed by atoms with Crippen molar-refractivity contribution in [3.05, 3.63) is 47.2 Å². The molecule has 0 aliphatic heterocycles. The third-order valence-corrected chi connectivity index (χ3v) is 4.02. The second kappa shape index (κ2) is 7.78. The van der Waals surface area contributed by atoms with E-state index in [0.29, 0.717) is 11.5 Å². The summed E-state index contributed by atoms with van der Waals surface area (Å²) in [5.74, 6) is -1.36. The quantitative estimate of drug-likeness (QED) is 0.387. The largest absolute Gasteiger partial charge is 0.502 e. The highest BCUT2D eigenvalue weighted by Gasteiger charge is 2.16. The maximum absolute atomic E-state index is 12.0. The van der Waals surface area contributed by atoms with Crippen LogP contribution in [0.15, 0.2) is 36.1 Å². The number of esters is 1. The van der Waals surface area contributed by atoms with E-state index in [9.17, 15) is 14.7 Å². The average molecular weight is 302 g/mol. The first-order valence-electron chi connectivity index (χ1n) is 7.84. The molecular formula is C18H22O4. The maximum atomic E-state index is 12.0. The molecule has 4 nitrogen and oxygen atoms in total. The smallest absolute Gasteiger partial charge is 0.373 e. The van der Waals surface area contributed by atoms with E-state index in [2.05, 4.69) is 4.74 Å². The summed E-state index contributed by atoms with van der Waals surface area (Å²) in [5, 5.41) is 9.50. The van der Waals surface area contributed by atoms with Crippen LogP contribution in [0.3, 0.4) is 0 Å². The minimum Gasteiger partial charge on any atom is -0.502 e. The minimum absolute atomic E-state index is 0.154. The van der Waals surface area contributed by atoms with Crippen molar-refractivity contribution in [2.45, 2.75) is 44.9 Å². The van der Waals surface area contributed by atoms with Gasteiger partial charge in [0.05, 0.1) is 6.61 Å². The molecule has 1 N–H and O–H groups in total. The van der Waals surface area contributed by atoms with E-state index in [1.54, 1.807) is 19.1 Å². The first-order valence-corrected chi connectivity index (χ1v) is 7.84. The molecule has 2 rings (SSSR count). The lowest BCUT2D eigenvalue weighted by atomic mass is 9.84. The normalized spacial score (nSPS) is 16.3. The van der Waals surface area contributed by atoms with Gasteiger partial charge in [-0.3, -0.25) is 4.79 Å². The van der Waals surface area contributed by atoms with Crippen LogP contribution in [0.1, 0.15) is 60.9 Å². The molecule has 4 heteroatoms. The van der Waals surface area contributed by atoms with Gasteiger partial charge in [-0.15, -0.1) is 0 Å². The highest BCUT2D eigenvalue weighted by Crippen LogP contribution is 2.32. The molecule has 1 aromatic rings. The first-order chi connectivity index (χ1) is 10.6. The molecular weight excluding hydrogens is 280 g/mol. The molecule has 1 aliphatic carbocycles. The zero-order valence-corrected chi connectivity index (χ0v) is 12.9. The van der Waals surface area contributed by atoms with Crippen LogP contribution in [0, 0.1) is 0 Å². The fourth-order valence-corrected chi connectivity index (χ4v) is 2.83. The Balaban J connectivity index is 2.04. The van der Waals surface area contributed by atoms with Crippen LogP contribution in [0.2, 0.25) is 0 Å².